The van der Waals surface area contributed by atoms with E-state index in [1.165, 1.54) is 0 Å². The molecule has 0 radical (unpaired) electrons. The summed E-state index contributed by atoms with van der Waals surface area (Å²) in [5.41, 5.74) is -0.873. The molecule has 0 N–H and O–H groups in total. The van der Waals surface area contributed by atoms with Gasteiger partial charge in [0.05, 0.1) is 11.9 Å². The Morgan fingerprint density at radius 1 is 1.33 bits per heavy atom. The van der Waals surface area contributed by atoms with E-state index in [1.807, 2.05) is 0 Å². The van der Waals surface area contributed by atoms with Gasteiger partial charge >= 0.3 is 58.4 Å². The first-order chi connectivity index (χ1) is 7.68. The number of rotatable bonds is 5. The van der Waals surface area contributed by atoms with Gasteiger partial charge in [-0.2, -0.15) is 0 Å². The third kappa shape index (κ3) is 7.10. The zero-order valence-corrected chi connectivity index (χ0v) is 13.9. The summed E-state index contributed by atoms with van der Waals surface area (Å²) in [7, 11) is -3.20. The number of hydrogen-bond donors (Lipinski definition) is 0. The van der Waals surface area contributed by atoms with E-state index in [1.54, 1.807) is 0 Å². The van der Waals surface area contributed by atoms with E-state index >= 15 is 0 Å². The maximum atomic E-state index is 12.4. The first kappa shape index (κ1) is 18.4. The Labute approximate surface area is 146 Å². The van der Waals surface area contributed by atoms with Crippen LogP contribution in [0.25, 0.3) is 0 Å². The van der Waals surface area contributed by atoms with E-state index < -0.39 is 22.3 Å². The Morgan fingerprint density at radius 2 is 1.94 bits per heavy atom. The quantitative estimate of drug-likeness (QED) is 0.568. The van der Waals surface area contributed by atoms with Crippen LogP contribution in [-0.4, -0.2) is 39.0 Å². The molecule has 1 rings (SSSR count). The summed E-state index contributed by atoms with van der Waals surface area (Å²) in [5.74, 6) is -0.348. The Bertz CT molecular complexity index is 495. The van der Waals surface area contributed by atoms with E-state index in [0.717, 1.165) is 18.5 Å². The van der Waals surface area contributed by atoms with E-state index in [4.69, 9.17) is 4.74 Å². The fourth-order valence-corrected chi connectivity index (χ4v) is 1.39. The van der Waals surface area contributed by atoms with Gasteiger partial charge in [0, 0.05) is 12.5 Å². The number of aromatic nitrogens is 1. The minimum atomic E-state index is -5.13. The van der Waals surface area contributed by atoms with E-state index in [2.05, 4.69) is 4.98 Å². The normalized spacial score (nSPS) is 11.8. The van der Waals surface area contributed by atoms with Crippen LogP contribution >= 0.6 is 0 Å². The minimum absolute atomic E-state index is 0. The molecule has 10 heteroatoms. The zero-order chi connectivity index (χ0) is 13.1. The van der Waals surface area contributed by atoms with Gasteiger partial charge in [-0.3, -0.25) is 4.98 Å². The summed E-state index contributed by atoms with van der Waals surface area (Å²) in [5, 5.41) is 0. The number of pyridine rings is 1. The molecular weight excluding hydrogens is 297 g/mol. The third-order valence-corrected chi connectivity index (χ3v) is 2.74. The first-order valence-corrected chi connectivity index (χ1v) is 6.70. The summed E-state index contributed by atoms with van der Waals surface area (Å²) in [6.07, 6.45) is 2.82. The Kier molecular flexibility index (Phi) is 7.41. The van der Waals surface area contributed by atoms with Crippen LogP contribution in [0.1, 0.15) is 0 Å². The average molecular weight is 307 g/mol. The van der Waals surface area contributed by atoms with Gasteiger partial charge < -0.3 is 17.7 Å². The summed E-state index contributed by atoms with van der Waals surface area (Å²) in [6.45, 7) is -5.33. The van der Waals surface area contributed by atoms with Crippen LogP contribution in [0.2, 0.25) is 0 Å². The topological polar surface area (TPSA) is 56.3 Å². The van der Waals surface area contributed by atoms with Crippen molar-refractivity contribution in [2.24, 2.45) is 0 Å². The van der Waals surface area contributed by atoms with Crippen LogP contribution in [0, 0.1) is 0 Å². The molecule has 0 unspecified atom stereocenters. The zero-order valence-electron chi connectivity index (χ0n) is 9.94. The molecule has 1 aromatic rings. The maximum Gasteiger partial charge on any atom is 1.00 e. The number of ether oxygens (including phenoxy) is 1. The second-order valence-electron chi connectivity index (χ2n) is 3.51. The standard InChI is InChI=1S/C8H10BF3NO3S.K/c1-17(14,15)3-2-16-8-4-7(5-13-6-8)9(10,11)12;/h4-6H,2-3H2,1H3;/q-1;+1. The number of halogens is 3. The second-order valence-corrected chi connectivity index (χ2v) is 5.77. The summed E-state index contributed by atoms with van der Waals surface area (Å²) >= 11 is 0. The molecule has 0 spiro atoms. The molecule has 0 atom stereocenters. The van der Waals surface area contributed by atoms with Crippen molar-refractivity contribution in [2.75, 3.05) is 18.6 Å². The van der Waals surface area contributed by atoms with Crippen LogP contribution in [0.4, 0.5) is 12.9 Å². The van der Waals surface area contributed by atoms with Gasteiger partial charge in [0.25, 0.3) is 0 Å². The molecule has 0 aromatic carbocycles. The molecule has 96 valence electrons. The first-order valence-electron chi connectivity index (χ1n) is 4.64. The van der Waals surface area contributed by atoms with E-state index in [0.29, 0.717) is 6.20 Å². The Morgan fingerprint density at radius 3 is 2.44 bits per heavy atom. The molecule has 1 heterocycles. The van der Waals surface area contributed by atoms with Crippen molar-refractivity contribution < 1.29 is 77.5 Å². The monoisotopic (exact) mass is 307 g/mol. The molecule has 0 amide bonds. The number of hydrogen-bond acceptors (Lipinski definition) is 4. The fraction of sp³-hybridized carbons (Fsp3) is 0.375. The van der Waals surface area contributed by atoms with E-state index in [9.17, 15) is 21.4 Å². The number of sulfone groups is 1. The summed E-state index contributed by atoms with van der Waals surface area (Å²) in [6, 6.07) is 0.801. The largest absolute Gasteiger partial charge is 1.00 e. The molecule has 18 heavy (non-hydrogen) atoms. The van der Waals surface area contributed by atoms with Crippen molar-refractivity contribution in [3.05, 3.63) is 18.5 Å². The summed E-state index contributed by atoms with van der Waals surface area (Å²) in [4.78, 5) is 3.39. The molecular formula is C8H10BF3KNO3S. The van der Waals surface area contributed by atoms with Crippen molar-refractivity contribution in [3.8, 4) is 5.75 Å². The molecule has 0 saturated heterocycles. The smallest absolute Gasteiger partial charge is 0.491 e. The van der Waals surface area contributed by atoms with Gasteiger partial charge in [-0.25, -0.2) is 8.42 Å². The molecule has 0 aliphatic heterocycles. The van der Waals surface area contributed by atoms with Crippen molar-refractivity contribution >= 4 is 22.3 Å². The molecule has 1 aromatic heterocycles. The van der Waals surface area contributed by atoms with Crippen LogP contribution in [-0.2, 0) is 9.84 Å². The summed E-state index contributed by atoms with van der Waals surface area (Å²) < 4.78 is 63.5. The van der Waals surface area contributed by atoms with E-state index in [-0.39, 0.29) is 69.5 Å². The van der Waals surface area contributed by atoms with Crippen molar-refractivity contribution in [2.45, 2.75) is 0 Å². The average Bonchev–Trinajstić information content (AvgIpc) is 2.15. The Balaban J connectivity index is 0.00000289. The van der Waals surface area contributed by atoms with Crippen LogP contribution in [0.15, 0.2) is 18.5 Å². The predicted molar refractivity (Wildman–Crippen MR) is 58.2 cm³/mol. The van der Waals surface area contributed by atoms with Crippen molar-refractivity contribution in [1.82, 2.24) is 4.98 Å². The molecule has 0 aliphatic carbocycles. The number of nitrogens with zero attached hydrogens (tertiary/aromatic N) is 1. The van der Waals surface area contributed by atoms with Crippen LogP contribution < -0.4 is 61.6 Å². The van der Waals surface area contributed by atoms with Gasteiger partial charge in [-0.05, 0) is 6.07 Å². The van der Waals surface area contributed by atoms with Crippen LogP contribution in [0.5, 0.6) is 5.75 Å². The minimum Gasteiger partial charge on any atom is -0.491 e. The molecule has 0 aliphatic rings. The van der Waals surface area contributed by atoms with Gasteiger partial charge in [0.15, 0.2) is 9.84 Å². The van der Waals surface area contributed by atoms with Crippen LogP contribution in [0.3, 0.4) is 0 Å². The molecule has 0 saturated carbocycles. The predicted octanol–water partition coefficient (Wildman–Crippen LogP) is -2.44. The van der Waals surface area contributed by atoms with Crippen molar-refractivity contribution in [3.63, 3.8) is 0 Å². The van der Waals surface area contributed by atoms with Gasteiger partial charge in [-0.1, -0.05) is 5.46 Å². The second kappa shape index (κ2) is 7.25. The van der Waals surface area contributed by atoms with Gasteiger partial charge in [-0.15, -0.1) is 0 Å². The maximum absolute atomic E-state index is 12.4. The van der Waals surface area contributed by atoms with Crippen molar-refractivity contribution in [1.29, 1.82) is 0 Å². The molecule has 0 bridgehead atoms. The fourth-order valence-electron chi connectivity index (χ4n) is 1.00. The molecule has 4 nitrogen and oxygen atoms in total. The molecule has 0 fully saturated rings. The third-order valence-electron chi connectivity index (χ3n) is 1.84. The van der Waals surface area contributed by atoms with Gasteiger partial charge in [0.2, 0.25) is 0 Å². The SMILES string of the molecule is CS(=O)(=O)CCOc1cncc([B-](F)(F)F)c1.[K+]. The van der Waals surface area contributed by atoms with Gasteiger partial charge in [0.1, 0.15) is 12.4 Å². The Hall–Kier alpha value is 0.391.